The Morgan fingerprint density at radius 3 is 2.68 bits per heavy atom. The molecule has 2 rings (SSSR count). The number of rotatable bonds is 5. The van der Waals surface area contributed by atoms with E-state index in [2.05, 4.69) is 31.8 Å². The van der Waals surface area contributed by atoms with E-state index in [0.717, 1.165) is 22.3 Å². The molecule has 0 unspecified atom stereocenters. The van der Waals surface area contributed by atoms with Gasteiger partial charge < -0.3 is 9.29 Å². The fourth-order valence-electron chi connectivity index (χ4n) is 1.89. The van der Waals surface area contributed by atoms with Crippen LogP contribution in [0.3, 0.4) is 0 Å². The van der Waals surface area contributed by atoms with Crippen molar-refractivity contribution < 1.29 is 18.9 Å². The van der Waals surface area contributed by atoms with Crippen LogP contribution in [-0.4, -0.2) is 22.0 Å². The number of carbonyl (C=O) groups is 2. The number of carbonyl (C=O) groups excluding carboxylic acids is 1. The molecule has 0 bridgehead atoms. The van der Waals surface area contributed by atoms with Crippen LogP contribution in [0, 0.1) is 0 Å². The number of nitrogens with zero attached hydrogens (tertiary/aromatic N) is 1. The van der Waals surface area contributed by atoms with Crippen LogP contribution in [0.4, 0.5) is 0 Å². The minimum absolute atomic E-state index is 0.00610. The highest BCUT2D eigenvalue weighted by Crippen LogP contribution is 2.37. The zero-order valence-corrected chi connectivity index (χ0v) is 14.2. The van der Waals surface area contributed by atoms with Crippen LogP contribution in [-0.2, 0) is 19.2 Å². The largest absolute Gasteiger partial charge is 0.481 e. The van der Waals surface area contributed by atoms with Gasteiger partial charge in [-0.15, -0.1) is 11.3 Å². The van der Waals surface area contributed by atoms with E-state index in [9.17, 15) is 9.59 Å². The molecule has 0 saturated carbocycles. The monoisotopic (exact) mass is 339 g/mol. The average Bonchev–Trinajstić information content (AvgIpc) is 2.84. The zero-order valence-electron chi connectivity index (χ0n) is 12.6. The van der Waals surface area contributed by atoms with E-state index in [1.165, 1.54) is 16.9 Å². The second-order valence-corrected chi connectivity index (χ2v) is 7.79. The van der Waals surface area contributed by atoms with Crippen LogP contribution in [0.2, 0.25) is 0 Å². The smallest absolute Gasteiger partial charge is 0.318 e. The quantitative estimate of drug-likeness (QED) is 0.830. The van der Waals surface area contributed by atoms with Gasteiger partial charge in [-0.3, -0.25) is 9.59 Å². The molecule has 0 spiro atoms. The molecule has 0 aliphatic heterocycles. The first-order valence-corrected chi connectivity index (χ1v) is 8.32. The van der Waals surface area contributed by atoms with Gasteiger partial charge >= 0.3 is 11.9 Å². The van der Waals surface area contributed by atoms with Gasteiger partial charge in [-0.25, -0.2) is 4.98 Å². The van der Waals surface area contributed by atoms with Crippen LogP contribution in [0.1, 0.15) is 39.2 Å². The number of aromatic nitrogens is 1. The van der Waals surface area contributed by atoms with Crippen molar-refractivity contribution >= 4 is 45.5 Å². The molecule has 5 nitrogen and oxygen atoms in total. The number of hydrogen-bond donors (Lipinski definition) is 1. The third kappa shape index (κ3) is 4.20. The zero-order chi connectivity index (χ0) is 16.3. The van der Waals surface area contributed by atoms with Crippen molar-refractivity contribution in [2.75, 3.05) is 0 Å². The van der Waals surface area contributed by atoms with Gasteiger partial charge in [-0.05, 0) is 17.0 Å². The molecule has 0 aliphatic carbocycles. The second kappa shape index (κ2) is 6.66. The minimum Gasteiger partial charge on any atom is -0.481 e. The standard InChI is InChI=1S/C15H17NO4S2/c1-15(2,3)9-5-4-6-10-13(9)21-14(16-10)22-20-12(19)8-7-11(17)18/h4-6H,7-8H2,1-3H3,(H,17,18). The number of fused-ring (bicyclic) bond motifs is 1. The average molecular weight is 339 g/mol. The Morgan fingerprint density at radius 1 is 1.32 bits per heavy atom. The summed E-state index contributed by atoms with van der Waals surface area (Å²) in [6.07, 6.45) is -0.367. The van der Waals surface area contributed by atoms with Crippen molar-refractivity contribution in [1.82, 2.24) is 4.98 Å². The summed E-state index contributed by atoms with van der Waals surface area (Å²) < 4.78 is 6.71. The number of carboxylic acid groups (broad SMARTS) is 1. The molecule has 2 aromatic rings. The molecule has 22 heavy (non-hydrogen) atoms. The summed E-state index contributed by atoms with van der Waals surface area (Å²) in [6, 6.07) is 5.97. The molecule has 0 amide bonds. The number of aliphatic carboxylic acids is 1. The lowest BCUT2D eigenvalue weighted by Gasteiger charge is -2.19. The molecule has 1 aromatic heterocycles. The maximum absolute atomic E-state index is 11.4. The third-order valence-corrected chi connectivity index (χ3v) is 4.81. The lowest BCUT2D eigenvalue weighted by molar-refractivity contribution is -0.141. The fraction of sp³-hybridized carbons (Fsp3) is 0.400. The maximum Gasteiger partial charge on any atom is 0.318 e. The minimum atomic E-state index is -1.02. The van der Waals surface area contributed by atoms with E-state index in [4.69, 9.17) is 9.29 Å². The van der Waals surface area contributed by atoms with Crippen molar-refractivity contribution in [3.8, 4) is 0 Å². The summed E-state index contributed by atoms with van der Waals surface area (Å²) in [4.78, 5) is 26.3. The van der Waals surface area contributed by atoms with E-state index in [1.54, 1.807) is 0 Å². The van der Waals surface area contributed by atoms with Gasteiger partial charge in [0, 0.05) is 0 Å². The maximum atomic E-state index is 11.4. The number of benzene rings is 1. The lowest BCUT2D eigenvalue weighted by Crippen LogP contribution is -2.10. The predicted molar refractivity (Wildman–Crippen MR) is 87.1 cm³/mol. The van der Waals surface area contributed by atoms with Crippen LogP contribution in [0.25, 0.3) is 10.2 Å². The highest BCUT2D eigenvalue weighted by atomic mass is 32.2. The van der Waals surface area contributed by atoms with Gasteiger partial charge in [0.05, 0.1) is 23.1 Å². The van der Waals surface area contributed by atoms with Gasteiger partial charge in [0.2, 0.25) is 0 Å². The van der Waals surface area contributed by atoms with Gasteiger partial charge in [-0.1, -0.05) is 32.9 Å². The van der Waals surface area contributed by atoms with Gasteiger partial charge in [-0.2, -0.15) is 0 Å². The van der Waals surface area contributed by atoms with Gasteiger partial charge in [0.25, 0.3) is 0 Å². The predicted octanol–water partition coefficient (Wildman–Crippen LogP) is 4.01. The van der Waals surface area contributed by atoms with E-state index < -0.39 is 11.9 Å². The van der Waals surface area contributed by atoms with E-state index >= 15 is 0 Å². The Balaban J connectivity index is 2.10. The Labute approximate surface area is 136 Å². The summed E-state index contributed by atoms with van der Waals surface area (Å²) in [6.45, 7) is 6.42. The second-order valence-electron chi connectivity index (χ2n) is 5.82. The SMILES string of the molecule is CC(C)(C)c1cccc2nc(SOC(=O)CCC(=O)O)sc12. The topological polar surface area (TPSA) is 76.5 Å². The molecule has 0 atom stereocenters. The Bertz CT molecular complexity index is 703. The van der Waals surface area contributed by atoms with Crippen LogP contribution < -0.4 is 0 Å². The third-order valence-electron chi connectivity index (χ3n) is 2.95. The van der Waals surface area contributed by atoms with Crippen molar-refractivity contribution in [3.05, 3.63) is 23.8 Å². The lowest BCUT2D eigenvalue weighted by atomic mass is 9.87. The first-order valence-electron chi connectivity index (χ1n) is 6.76. The highest BCUT2D eigenvalue weighted by Gasteiger charge is 2.19. The van der Waals surface area contributed by atoms with Crippen molar-refractivity contribution in [2.24, 2.45) is 0 Å². The molecule has 0 saturated heterocycles. The molecule has 1 N–H and O–H groups in total. The molecule has 118 valence electrons. The van der Waals surface area contributed by atoms with Gasteiger partial charge in [0.1, 0.15) is 12.0 Å². The molecule has 7 heteroatoms. The number of thiazole rings is 1. The van der Waals surface area contributed by atoms with E-state index in [-0.39, 0.29) is 18.3 Å². The highest BCUT2D eigenvalue weighted by molar-refractivity contribution is 7.97. The van der Waals surface area contributed by atoms with Crippen LogP contribution in [0.15, 0.2) is 22.5 Å². The summed E-state index contributed by atoms with van der Waals surface area (Å²) >= 11 is 2.37. The van der Waals surface area contributed by atoms with E-state index in [0.29, 0.717) is 4.34 Å². The Hall–Kier alpha value is -1.60. The van der Waals surface area contributed by atoms with E-state index in [1.807, 2.05) is 12.1 Å². The van der Waals surface area contributed by atoms with Crippen molar-refractivity contribution in [2.45, 2.75) is 43.4 Å². The first kappa shape index (κ1) is 16.8. The van der Waals surface area contributed by atoms with Gasteiger partial charge in [0.15, 0.2) is 4.34 Å². The molecule has 0 radical (unpaired) electrons. The molecule has 0 fully saturated rings. The molecule has 0 aliphatic rings. The van der Waals surface area contributed by atoms with Crippen molar-refractivity contribution in [3.63, 3.8) is 0 Å². The molecular formula is C15H17NO4S2. The molecule has 1 heterocycles. The van der Waals surface area contributed by atoms with Crippen LogP contribution in [0.5, 0.6) is 0 Å². The summed E-state index contributed by atoms with van der Waals surface area (Å²) in [5.74, 6) is -1.57. The van der Waals surface area contributed by atoms with Crippen LogP contribution >= 0.6 is 23.4 Å². The number of carboxylic acids is 1. The Kier molecular flexibility index (Phi) is 5.08. The summed E-state index contributed by atoms with van der Waals surface area (Å²) in [5.41, 5.74) is 2.08. The normalized spacial score (nSPS) is 11.6. The van der Waals surface area contributed by atoms with Crippen molar-refractivity contribution in [1.29, 1.82) is 0 Å². The summed E-state index contributed by atoms with van der Waals surface area (Å²) in [7, 11) is 0. The summed E-state index contributed by atoms with van der Waals surface area (Å²) in [5, 5.41) is 8.52. The fourth-order valence-corrected chi connectivity index (χ4v) is 3.78. The molecular weight excluding hydrogens is 322 g/mol. The molecule has 1 aromatic carbocycles. The Morgan fingerprint density at radius 2 is 2.05 bits per heavy atom. The first-order chi connectivity index (χ1) is 10.3. The number of hydrogen-bond acceptors (Lipinski definition) is 6.